The van der Waals surface area contributed by atoms with Gasteiger partial charge in [-0.05, 0) is 80.2 Å². The van der Waals surface area contributed by atoms with Gasteiger partial charge in [0.2, 0.25) is 0 Å². The Hall–Kier alpha value is -3.06. The Labute approximate surface area is 211 Å². The molecule has 1 aromatic carbocycles. The van der Waals surface area contributed by atoms with Crippen LogP contribution in [0.1, 0.15) is 60.3 Å². The minimum absolute atomic E-state index is 0.0724. The van der Waals surface area contributed by atoms with Crippen LogP contribution in [0.3, 0.4) is 0 Å². The molecule has 4 saturated carbocycles. The fraction of sp³-hybridized carbons (Fsp3) is 0.517. The summed E-state index contributed by atoms with van der Waals surface area (Å²) in [5.41, 5.74) is 3.31. The number of nitrogens with zero attached hydrogens (tertiary/aromatic N) is 4. The molecule has 1 amide bonds. The summed E-state index contributed by atoms with van der Waals surface area (Å²) in [5.74, 6) is 3.19. The second-order valence-corrected chi connectivity index (χ2v) is 11.7. The lowest BCUT2D eigenvalue weighted by Crippen LogP contribution is -2.53. The number of carbonyl (C=O) groups excluding carboxylic acids is 1. The summed E-state index contributed by atoms with van der Waals surface area (Å²) in [5, 5.41) is 15.8. The first kappa shape index (κ1) is 22.2. The van der Waals surface area contributed by atoms with E-state index < -0.39 is 0 Å². The Morgan fingerprint density at radius 2 is 1.81 bits per heavy atom. The fourth-order valence-electron chi connectivity index (χ4n) is 8.02. The summed E-state index contributed by atoms with van der Waals surface area (Å²) in [4.78, 5) is 28.7. The molecule has 36 heavy (non-hydrogen) atoms. The van der Waals surface area contributed by atoms with Crippen LogP contribution in [-0.2, 0) is 13.0 Å². The van der Waals surface area contributed by atoms with E-state index in [-0.39, 0.29) is 17.4 Å². The van der Waals surface area contributed by atoms with Gasteiger partial charge in [0, 0.05) is 24.0 Å². The maximum Gasteiger partial charge on any atom is 0.272 e. The van der Waals surface area contributed by atoms with E-state index in [0.29, 0.717) is 31.7 Å². The first-order valence-corrected chi connectivity index (χ1v) is 13.5. The Morgan fingerprint density at radius 3 is 2.58 bits per heavy atom. The van der Waals surface area contributed by atoms with Crippen molar-refractivity contribution in [3.8, 4) is 0 Å². The molecule has 0 radical (unpaired) electrons. The molecule has 0 saturated heterocycles. The van der Waals surface area contributed by atoms with Crippen LogP contribution in [0.5, 0.6) is 0 Å². The number of anilines is 1. The van der Waals surface area contributed by atoms with Gasteiger partial charge in [-0.15, -0.1) is 0 Å². The average Bonchev–Trinajstić information content (AvgIpc) is 2.90. The second kappa shape index (κ2) is 8.51. The van der Waals surface area contributed by atoms with Crippen molar-refractivity contribution >= 4 is 22.6 Å². The van der Waals surface area contributed by atoms with Crippen molar-refractivity contribution in [1.82, 2.24) is 19.9 Å². The molecular formula is C29H33N5O2. The maximum absolute atomic E-state index is 13.2. The van der Waals surface area contributed by atoms with Crippen molar-refractivity contribution in [2.75, 3.05) is 18.4 Å². The summed E-state index contributed by atoms with van der Waals surface area (Å²) < 4.78 is 0. The molecule has 7 nitrogen and oxygen atoms in total. The summed E-state index contributed by atoms with van der Waals surface area (Å²) in [7, 11) is 0. The number of carbonyl (C=O) groups is 1. The molecule has 1 aliphatic heterocycles. The smallest absolute Gasteiger partial charge is 0.272 e. The zero-order valence-corrected chi connectivity index (χ0v) is 20.6. The number of fused-ring (bicyclic) bond motifs is 2. The number of para-hydroxylation sites is 1. The average molecular weight is 484 g/mol. The predicted octanol–water partition coefficient (Wildman–Crippen LogP) is 4.21. The number of nitrogens with one attached hydrogen (secondary N) is 1. The maximum atomic E-state index is 13.2. The minimum atomic E-state index is -0.350. The van der Waals surface area contributed by atoms with Gasteiger partial charge in [-0.3, -0.25) is 4.79 Å². The number of hydrogen-bond donors (Lipinski definition) is 2. The zero-order valence-electron chi connectivity index (χ0n) is 20.6. The Balaban J connectivity index is 1.05. The van der Waals surface area contributed by atoms with E-state index in [2.05, 4.69) is 20.3 Å². The molecule has 3 aromatic rings. The topological polar surface area (TPSA) is 91.2 Å². The first-order valence-electron chi connectivity index (χ1n) is 13.5. The third kappa shape index (κ3) is 3.76. The first-order chi connectivity index (χ1) is 17.6. The van der Waals surface area contributed by atoms with Crippen LogP contribution in [0.2, 0.25) is 0 Å². The summed E-state index contributed by atoms with van der Waals surface area (Å²) >= 11 is 0. The number of hydrogen-bond acceptors (Lipinski definition) is 6. The van der Waals surface area contributed by atoms with Crippen LogP contribution < -0.4 is 5.32 Å². The molecule has 8 rings (SSSR count). The van der Waals surface area contributed by atoms with Crippen molar-refractivity contribution in [3.05, 3.63) is 59.7 Å². The van der Waals surface area contributed by atoms with E-state index in [9.17, 15) is 9.90 Å². The molecule has 7 heteroatoms. The van der Waals surface area contributed by atoms with Crippen LogP contribution in [0.15, 0.2) is 42.7 Å². The lowest BCUT2D eigenvalue weighted by atomic mass is 9.48. The minimum Gasteiger partial charge on any atom is -0.391 e. The summed E-state index contributed by atoms with van der Waals surface area (Å²) in [6.45, 7) is 1.57. The van der Waals surface area contributed by atoms with Crippen LogP contribution in [0.4, 0.5) is 5.82 Å². The van der Waals surface area contributed by atoms with E-state index in [1.54, 1.807) is 12.4 Å². The van der Waals surface area contributed by atoms with E-state index in [1.807, 2.05) is 35.2 Å². The third-order valence-electron chi connectivity index (χ3n) is 9.37. The molecule has 1 unspecified atom stereocenters. The SMILES string of the molecule is O=C(c1ccc2ccccc2n1)N1CCc2c(ncnc2NCC(O)C23CC4CC(CC(C4)C2)C3)C1. The monoisotopic (exact) mass is 483 g/mol. The lowest BCUT2D eigenvalue weighted by Gasteiger charge is -2.58. The largest absolute Gasteiger partial charge is 0.391 e. The molecular weight excluding hydrogens is 450 g/mol. The van der Waals surface area contributed by atoms with Crippen LogP contribution in [0, 0.1) is 23.2 Å². The van der Waals surface area contributed by atoms with E-state index in [0.717, 1.165) is 45.7 Å². The fourth-order valence-corrected chi connectivity index (χ4v) is 8.02. The molecule has 1 atom stereocenters. The zero-order chi connectivity index (χ0) is 24.3. The van der Waals surface area contributed by atoms with Crippen molar-refractivity contribution in [3.63, 3.8) is 0 Å². The van der Waals surface area contributed by atoms with Gasteiger partial charge in [-0.2, -0.15) is 0 Å². The van der Waals surface area contributed by atoms with Gasteiger partial charge >= 0.3 is 0 Å². The number of aliphatic hydroxyl groups is 1. The highest BCUT2D eigenvalue weighted by molar-refractivity contribution is 5.95. The number of aliphatic hydroxyl groups excluding tert-OH is 1. The Kier molecular flexibility index (Phi) is 5.24. The molecule has 2 N–H and O–H groups in total. The number of aromatic nitrogens is 3. The van der Waals surface area contributed by atoms with Gasteiger partial charge in [-0.1, -0.05) is 24.3 Å². The highest BCUT2D eigenvalue weighted by Gasteiger charge is 2.53. The number of amides is 1. The summed E-state index contributed by atoms with van der Waals surface area (Å²) in [6, 6.07) is 11.6. The van der Waals surface area contributed by atoms with Gasteiger partial charge in [0.15, 0.2) is 0 Å². The normalized spacial score (nSPS) is 29.2. The van der Waals surface area contributed by atoms with Crippen LogP contribution >= 0.6 is 0 Å². The third-order valence-corrected chi connectivity index (χ3v) is 9.37. The number of benzene rings is 1. The highest BCUT2D eigenvalue weighted by atomic mass is 16.3. The van der Waals surface area contributed by atoms with Crippen molar-refractivity contribution in [1.29, 1.82) is 0 Å². The molecule has 4 bridgehead atoms. The number of pyridine rings is 1. The second-order valence-electron chi connectivity index (χ2n) is 11.7. The van der Waals surface area contributed by atoms with E-state index in [1.165, 1.54) is 38.5 Å². The highest BCUT2D eigenvalue weighted by Crippen LogP contribution is 2.61. The van der Waals surface area contributed by atoms with Crippen LogP contribution in [0.25, 0.3) is 10.9 Å². The lowest BCUT2D eigenvalue weighted by molar-refractivity contribution is -0.115. The van der Waals surface area contributed by atoms with Gasteiger partial charge in [0.25, 0.3) is 5.91 Å². The standard InChI is InChI=1S/C29H33N5O2/c35-26(29-12-18-9-19(13-29)11-20(10-18)14-29)15-30-27-22-7-8-34(16-25(22)31-17-32-27)28(36)24-6-5-21-3-1-2-4-23(21)33-24/h1-6,17-20,26,35H,7-16H2,(H,30,31,32). The molecule has 0 spiro atoms. The molecule has 186 valence electrons. The molecule has 4 fully saturated rings. The Bertz CT molecular complexity index is 1290. The van der Waals surface area contributed by atoms with E-state index in [4.69, 9.17) is 0 Å². The van der Waals surface area contributed by atoms with Crippen LogP contribution in [-0.4, -0.2) is 50.1 Å². The molecule has 3 heterocycles. The van der Waals surface area contributed by atoms with Gasteiger partial charge in [-0.25, -0.2) is 15.0 Å². The molecule has 5 aliphatic rings. The van der Waals surface area contributed by atoms with Crippen molar-refractivity contribution in [2.24, 2.45) is 23.2 Å². The summed E-state index contributed by atoms with van der Waals surface area (Å²) in [6.07, 6.45) is 9.59. The van der Waals surface area contributed by atoms with Crippen molar-refractivity contribution < 1.29 is 9.90 Å². The van der Waals surface area contributed by atoms with E-state index >= 15 is 0 Å². The molecule has 4 aliphatic carbocycles. The molecule has 2 aromatic heterocycles. The number of rotatable bonds is 5. The van der Waals surface area contributed by atoms with Gasteiger partial charge in [0.1, 0.15) is 17.8 Å². The Morgan fingerprint density at radius 1 is 1.06 bits per heavy atom. The van der Waals surface area contributed by atoms with Gasteiger partial charge < -0.3 is 15.3 Å². The predicted molar refractivity (Wildman–Crippen MR) is 137 cm³/mol. The quantitative estimate of drug-likeness (QED) is 0.565. The van der Waals surface area contributed by atoms with Gasteiger partial charge in [0.05, 0.1) is 23.9 Å². The van der Waals surface area contributed by atoms with Crippen molar-refractivity contribution in [2.45, 2.75) is 57.6 Å².